The lowest BCUT2D eigenvalue weighted by molar-refractivity contribution is 0.0189. The molecule has 1 unspecified atom stereocenters. The molecule has 5 heteroatoms. The topological polar surface area (TPSA) is 31.4 Å². The number of nitrogens with one attached hydrogen (secondary N) is 1. The Kier molecular flexibility index (Phi) is 3.57. The first-order chi connectivity index (χ1) is 10.3. The Morgan fingerprint density at radius 3 is 2.81 bits per heavy atom. The summed E-state index contributed by atoms with van der Waals surface area (Å²) >= 11 is 3.55. The van der Waals surface area contributed by atoms with E-state index in [1.54, 1.807) is 0 Å². The number of hydrogen-bond acceptors (Lipinski definition) is 4. The predicted octanol–water partition coefficient (Wildman–Crippen LogP) is 2.41. The number of piperazine rings is 3. The van der Waals surface area contributed by atoms with Gasteiger partial charge in [-0.15, -0.1) is 0 Å². The molecule has 0 aliphatic carbocycles. The van der Waals surface area contributed by atoms with Gasteiger partial charge in [-0.25, -0.2) is 0 Å². The number of pyridine rings is 1. The normalized spacial score (nSPS) is 28.0. The molecule has 0 amide bonds. The van der Waals surface area contributed by atoms with Gasteiger partial charge in [0, 0.05) is 67.1 Å². The first-order valence-electron chi connectivity index (χ1n) is 7.54. The van der Waals surface area contributed by atoms with E-state index in [4.69, 9.17) is 0 Å². The SMILES string of the molecule is Brc1ccc2nccc(NCC3CN4CCN3CC4)c2c1. The van der Waals surface area contributed by atoms with E-state index in [2.05, 4.69) is 54.2 Å². The number of aromatic nitrogens is 1. The highest BCUT2D eigenvalue weighted by Crippen LogP contribution is 2.25. The van der Waals surface area contributed by atoms with E-state index in [9.17, 15) is 0 Å². The summed E-state index contributed by atoms with van der Waals surface area (Å²) in [6.07, 6.45) is 1.88. The minimum atomic E-state index is 0.628. The second-order valence-corrected chi connectivity index (χ2v) is 6.81. The Hall–Kier alpha value is -1.17. The van der Waals surface area contributed by atoms with Crippen molar-refractivity contribution in [1.82, 2.24) is 14.8 Å². The van der Waals surface area contributed by atoms with E-state index < -0.39 is 0 Å². The number of nitrogens with zero attached hydrogens (tertiary/aromatic N) is 3. The third-order valence-corrected chi connectivity index (χ3v) is 5.12. The van der Waals surface area contributed by atoms with Crippen LogP contribution in [0.1, 0.15) is 0 Å². The molecule has 4 heterocycles. The molecule has 0 spiro atoms. The monoisotopic (exact) mass is 346 g/mol. The van der Waals surface area contributed by atoms with Gasteiger partial charge in [-0.1, -0.05) is 15.9 Å². The van der Waals surface area contributed by atoms with Crippen molar-refractivity contribution in [1.29, 1.82) is 0 Å². The van der Waals surface area contributed by atoms with Crippen molar-refractivity contribution in [3.63, 3.8) is 0 Å². The molecule has 1 aromatic carbocycles. The lowest BCUT2D eigenvalue weighted by atomic mass is 10.1. The van der Waals surface area contributed by atoms with Crippen LogP contribution in [0.5, 0.6) is 0 Å². The van der Waals surface area contributed by atoms with Crippen LogP contribution >= 0.6 is 15.9 Å². The maximum atomic E-state index is 4.44. The number of hydrogen-bond donors (Lipinski definition) is 1. The first kappa shape index (κ1) is 13.5. The van der Waals surface area contributed by atoms with Gasteiger partial charge < -0.3 is 5.32 Å². The van der Waals surface area contributed by atoms with Crippen molar-refractivity contribution in [2.45, 2.75) is 6.04 Å². The van der Waals surface area contributed by atoms with Crippen LogP contribution < -0.4 is 5.32 Å². The van der Waals surface area contributed by atoms with Crippen LogP contribution in [0.2, 0.25) is 0 Å². The second kappa shape index (κ2) is 5.55. The molecular formula is C16H19BrN4. The van der Waals surface area contributed by atoms with Gasteiger partial charge in [0.1, 0.15) is 0 Å². The molecule has 3 aliphatic heterocycles. The number of benzene rings is 1. The molecule has 5 rings (SSSR count). The molecule has 0 radical (unpaired) electrons. The van der Waals surface area contributed by atoms with E-state index >= 15 is 0 Å². The Labute approximate surface area is 133 Å². The molecule has 3 fully saturated rings. The fraction of sp³-hybridized carbons (Fsp3) is 0.438. The van der Waals surface area contributed by atoms with Crippen LogP contribution in [0.25, 0.3) is 10.9 Å². The Morgan fingerprint density at radius 2 is 2.05 bits per heavy atom. The second-order valence-electron chi connectivity index (χ2n) is 5.89. The minimum absolute atomic E-state index is 0.628. The van der Waals surface area contributed by atoms with Gasteiger partial charge in [-0.05, 0) is 24.3 Å². The maximum absolute atomic E-state index is 4.44. The standard InChI is InChI=1S/C16H19BrN4/c17-12-1-2-15-14(9-12)16(3-4-18-15)19-10-13-11-20-5-7-21(13)8-6-20/h1-4,9,13H,5-8,10-11H2,(H,18,19). The van der Waals surface area contributed by atoms with Crippen LogP contribution in [0.15, 0.2) is 34.9 Å². The van der Waals surface area contributed by atoms with E-state index in [1.165, 1.54) is 43.8 Å². The van der Waals surface area contributed by atoms with Crippen molar-refractivity contribution in [2.75, 3.05) is 44.6 Å². The van der Waals surface area contributed by atoms with Gasteiger partial charge in [0.25, 0.3) is 0 Å². The zero-order chi connectivity index (χ0) is 14.2. The molecule has 1 N–H and O–H groups in total. The third kappa shape index (κ3) is 2.65. The van der Waals surface area contributed by atoms with Crippen LogP contribution in [0, 0.1) is 0 Å². The summed E-state index contributed by atoms with van der Waals surface area (Å²) in [7, 11) is 0. The number of rotatable bonds is 3. The largest absolute Gasteiger partial charge is 0.383 e. The zero-order valence-corrected chi connectivity index (χ0v) is 13.5. The summed E-state index contributed by atoms with van der Waals surface area (Å²) in [4.78, 5) is 9.63. The fourth-order valence-electron chi connectivity index (χ4n) is 3.42. The molecular weight excluding hydrogens is 328 g/mol. The van der Waals surface area contributed by atoms with Gasteiger partial charge in [-0.2, -0.15) is 0 Å². The average Bonchev–Trinajstić information content (AvgIpc) is 2.54. The highest BCUT2D eigenvalue weighted by molar-refractivity contribution is 9.10. The van der Waals surface area contributed by atoms with Crippen molar-refractivity contribution in [3.05, 3.63) is 34.9 Å². The van der Waals surface area contributed by atoms with Gasteiger partial charge in [0.05, 0.1) is 5.52 Å². The van der Waals surface area contributed by atoms with Crippen molar-refractivity contribution in [3.8, 4) is 0 Å². The lowest BCUT2D eigenvalue weighted by Gasteiger charge is -2.47. The molecule has 3 saturated heterocycles. The summed E-state index contributed by atoms with van der Waals surface area (Å²) in [5.41, 5.74) is 2.22. The van der Waals surface area contributed by atoms with E-state index in [-0.39, 0.29) is 0 Å². The average molecular weight is 347 g/mol. The third-order valence-electron chi connectivity index (χ3n) is 4.62. The van der Waals surface area contributed by atoms with Crippen LogP contribution in [0.4, 0.5) is 5.69 Å². The molecule has 4 nitrogen and oxygen atoms in total. The quantitative estimate of drug-likeness (QED) is 0.924. The molecule has 2 bridgehead atoms. The lowest BCUT2D eigenvalue weighted by Crippen LogP contribution is -2.62. The molecule has 0 saturated carbocycles. The van der Waals surface area contributed by atoms with Crippen LogP contribution in [0.3, 0.4) is 0 Å². The smallest absolute Gasteiger partial charge is 0.0723 e. The summed E-state index contributed by atoms with van der Waals surface area (Å²) in [5, 5.41) is 4.82. The zero-order valence-electron chi connectivity index (χ0n) is 11.9. The summed E-state index contributed by atoms with van der Waals surface area (Å²) < 4.78 is 1.10. The molecule has 3 aliphatic rings. The number of anilines is 1. The number of halogens is 1. The summed E-state index contributed by atoms with van der Waals surface area (Å²) in [6, 6.07) is 8.94. The Balaban J connectivity index is 1.53. The Bertz CT molecular complexity index is 652. The van der Waals surface area contributed by atoms with E-state index in [0.29, 0.717) is 6.04 Å². The molecule has 1 atom stereocenters. The maximum Gasteiger partial charge on any atom is 0.0723 e. The van der Waals surface area contributed by atoms with E-state index in [0.717, 1.165) is 16.5 Å². The molecule has 21 heavy (non-hydrogen) atoms. The fourth-order valence-corrected chi connectivity index (χ4v) is 3.78. The predicted molar refractivity (Wildman–Crippen MR) is 89.7 cm³/mol. The van der Waals surface area contributed by atoms with Gasteiger partial charge in [0.2, 0.25) is 0 Å². The Morgan fingerprint density at radius 1 is 1.19 bits per heavy atom. The van der Waals surface area contributed by atoms with Gasteiger partial charge >= 0.3 is 0 Å². The van der Waals surface area contributed by atoms with Gasteiger partial charge in [0.15, 0.2) is 0 Å². The number of fused-ring (bicyclic) bond motifs is 4. The summed E-state index contributed by atoms with van der Waals surface area (Å²) in [5.74, 6) is 0. The highest BCUT2D eigenvalue weighted by Gasteiger charge is 2.31. The van der Waals surface area contributed by atoms with E-state index in [1.807, 2.05) is 12.3 Å². The van der Waals surface area contributed by atoms with Crippen molar-refractivity contribution >= 4 is 32.5 Å². The van der Waals surface area contributed by atoms with Crippen molar-refractivity contribution < 1.29 is 0 Å². The molecule has 2 aromatic rings. The summed E-state index contributed by atoms with van der Waals surface area (Å²) in [6.45, 7) is 7.11. The minimum Gasteiger partial charge on any atom is -0.383 e. The van der Waals surface area contributed by atoms with Crippen LogP contribution in [-0.2, 0) is 0 Å². The van der Waals surface area contributed by atoms with Gasteiger partial charge in [-0.3, -0.25) is 14.8 Å². The molecule has 110 valence electrons. The highest BCUT2D eigenvalue weighted by atomic mass is 79.9. The molecule has 1 aromatic heterocycles. The first-order valence-corrected chi connectivity index (χ1v) is 8.33. The van der Waals surface area contributed by atoms with Crippen LogP contribution in [-0.4, -0.2) is 60.1 Å². The van der Waals surface area contributed by atoms with Crippen molar-refractivity contribution in [2.24, 2.45) is 0 Å².